The van der Waals surface area contributed by atoms with Crippen LogP contribution in [0.5, 0.6) is 0 Å². The van der Waals surface area contributed by atoms with Crippen LogP contribution in [-0.2, 0) is 17.8 Å². The van der Waals surface area contributed by atoms with Gasteiger partial charge in [0.2, 0.25) is 0 Å². The van der Waals surface area contributed by atoms with E-state index in [1.54, 1.807) is 17.3 Å². The molecule has 0 aliphatic carbocycles. The van der Waals surface area contributed by atoms with Crippen molar-refractivity contribution in [1.29, 1.82) is 0 Å². The zero-order valence-electron chi connectivity index (χ0n) is 20.3. The molecule has 0 spiro atoms. The number of nitrogens with zero attached hydrogens (tertiary/aromatic N) is 5. The minimum atomic E-state index is -0.543. The van der Waals surface area contributed by atoms with Crippen molar-refractivity contribution in [3.05, 3.63) is 40.4 Å². The molecule has 4 rings (SSSR count). The van der Waals surface area contributed by atoms with E-state index in [0.717, 1.165) is 48.4 Å². The Kier molecular flexibility index (Phi) is 6.79. The van der Waals surface area contributed by atoms with Crippen LogP contribution in [0.15, 0.2) is 18.5 Å². The maximum atomic E-state index is 12.6. The molecule has 2 aromatic rings. The van der Waals surface area contributed by atoms with Crippen LogP contribution in [0.4, 0.5) is 10.5 Å². The molecule has 0 radical (unpaired) electrons. The third-order valence-corrected chi connectivity index (χ3v) is 6.60. The predicted molar refractivity (Wildman–Crippen MR) is 131 cm³/mol. The highest BCUT2D eigenvalue weighted by molar-refractivity contribution is 6.29. The highest BCUT2D eigenvalue weighted by atomic mass is 35.5. The van der Waals surface area contributed by atoms with Gasteiger partial charge in [-0.05, 0) is 39.0 Å². The first-order valence-electron chi connectivity index (χ1n) is 11.6. The van der Waals surface area contributed by atoms with E-state index in [1.807, 2.05) is 31.5 Å². The number of ether oxygens (including phenoxy) is 1. The number of anilines is 1. The molecule has 0 aromatic carbocycles. The third kappa shape index (κ3) is 5.48. The second-order valence-electron chi connectivity index (χ2n) is 10.4. The number of rotatable bonds is 2. The van der Waals surface area contributed by atoms with Crippen molar-refractivity contribution in [1.82, 2.24) is 19.7 Å². The lowest BCUT2D eigenvalue weighted by Gasteiger charge is -2.39. The zero-order chi connectivity index (χ0) is 24.5. The van der Waals surface area contributed by atoms with Crippen molar-refractivity contribution >= 4 is 23.4 Å². The number of halogens is 1. The van der Waals surface area contributed by atoms with Gasteiger partial charge in [-0.1, -0.05) is 30.4 Å². The number of carbonyl (C=O) groups excluding carboxylic acids is 1. The maximum Gasteiger partial charge on any atom is 0.410 e. The second-order valence-corrected chi connectivity index (χ2v) is 10.7. The number of fused-ring (bicyclic) bond motifs is 1. The van der Waals surface area contributed by atoms with Gasteiger partial charge >= 0.3 is 6.09 Å². The monoisotopic (exact) mass is 485 g/mol. The van der Waals surface area contributed by atoms with E-state index in [4.69, 9.17) is 16.3 Å². The summed E-state index contributed by atoms with van der Waals surface area (Å²) in [5, 5.41) is 14.6. The summed E-state index contributed by atoms with van der Waals surface area (Å²) in [6.07, 6.45) is 4.91. The second kappa shape index (κ2) is 9.47. The maximum absolute atomic E-state index is 12.6. The van der Waals surface area contributed by atoms with E-state index in [9.17, 15) is 9.90 Å². The molecule has 9 heteroatoms. The average molecular weight is 486 g/mol. The molecule has 1 saturated heterocycles. The van der Waals surface area contributed by atoms with Crippen LogP contribution in [0.3, 0.4) is 0 Å². The van der Waals surface area contributed by atoms with E-state index < -0.39 is 5.60 Å². The number of aliphatic hydroxyl groups excluding tert-OH is 1. The molecule has 1 amide bonds. The third-order valence-electron chi connectivity index (χ3n) is 6.40. The fourth-order valence-corrected chi connectivity index (χ4v) is 4.34. The van der Waals surface area contributed by atoms with Crippen molar-refractivity contribution in [3.8, 4) is 11.8 Å². The van der Waals surface area contributed by atoms with Gasteiger partial charge in [-0.25, -0.2) is 9.78 Å². The van der Waals surface area contributed by atoms with Crippen molar-refractivity contribution in [2.24, 2.45) is 5.41 Å². The van der Waals surface area contributed by atoms with Crippen LogP contribution in [0.1, 0.15) is 57.4 Å². The van der Waals surface area contributed by atoms with Crippen molar-refractivity contribution in [2.75, 3.05) is 31.1 Å². The molecule has 0 bridgehead atoms. The van der Waals surface area contributed by atoms with Crippen LogP contribution in [-0.4, -0.2) is 62.7 Å². The van der Waals surface area contributed by atoms with Crippen LogP contribution in [0.2, 0.25) is 5.15 Å². The zero-order valence-corrected chi connectivity index (χ0v) is 21.0. The van der Waals surface area contributed by atoms with E-state index in [-0.39, 0.29) is 18.1 Å². The first-order valence-corrected chi connectivity index (χ1v) is 12.0. The Labute approximate surface area is 205 Å². The molecule has 2 aliphatic rings. The summed E-state index contributed by atoms with van der Waals surface area (Å²) in [6.45, 7) is 11.1. The van der Waals surface area contributed by atoms with Crippen LogP contribution in [0, 0.1) is 17.3 Å². The van der Waals surface area contributed by atoms with Crippen molar-refractivity contribution in [2.45, 2.75) is 59.2 Å². The molecule has 0 unspecified atom stereocenters. The lowest BCUT2D eigenvalue weighted by Crippen LogP contribution is -2.41. The summed E-state index contributed by atoms with van der Waals surface area (Å²) in [7, 11) is 0. The number of aromatic nitrogens is 3. The van der Waals surface area contributed by atoms with E-state index in [1.165, 1.54) is 0 Å². The van der Waals surface area contributed by atoms with Gasteiger partial charge in [0.05, 0.1) is 41.8 Å². The molecule has 2 aliphatic heterocycles. The van der Waals surface area contributed by atoms with Gasteiger partial charge in [-0.2, -0.15) is 5.10 Å². The van der Waals surface area contributed by atoms with Crippen molar-refractivity contribution < 1.29 is 14.6 Å². The topological polar surface area (TPSA) is 83.7 Å². The SMILES string of the molecule is CC1(CO)CCN(c2cc(Cl)ncc2C#Cc2cnn3c2CN(C(=O)OC(C)(C)C)CC3)CC1. The number of hydrogen-bond acceptors (Lipinski definition) is 6. The van der Waals surface area contributed by atoms with E-state index >= 15 is 0 Å². The van der Waals surface area contributed by atoms with E-state index in [2.05, 4.69) is 33.7 Å². The summed E-state index contributed by atoms with van der Waals surface area (Å²) in [5.41, 5.74) is 2.82. The number of hydrogen-bond donors (Lipinski definition) is 1. The fraction of sp³-hybridized carbons (Fsp3) is 0.560. The lowest BCUT2D eigenvalue weighted by atomic mass is 9.81. The quantitative estimate of drug-likeness (QED) is 0.516. The fourth-order valence-electron chi connectivity index (χ4n) is 4.19. The smallest absolute Gasteiger partial charge is 0.410 e. The highest BCUT2D eigenvalue weighted by Crippen LogP contribution is 2.34. The van der Waals surface area contributed by atoms with E-state index in [0.29, 0.717) is 24.8 Å². The van der Waals surface area contributed by atoms with Crippen LogP contribution in [0.25, 0.3) is 0 Å². The lowest BCUT2D eigenvalue weighted by molar-refractivity contribution is 0.0194. The minimum absolute atomic E-state index is 0.0452. The van der Waals surface area contributed by atoms with Gasteiger partial charge < -0.3 is 19.6 Å². The van der Waals surface area contributed by atoms with Gasteiger partial charge in [0.15, 0.2) is 0 Å². The van der Waals surface area contributed by atoms with Crippen LogP contribution < -0.4 is 4.90 Å². The molecule has 1 fully saturated rings. The summed E-state index contributed by atoms with van der Waals surface area (Å²) in [6, 6.07) is 1.85. The number of amides is 1. The average Bonchev–Trinajstić information content (AvgIpc) is 3.20. The first kappa shape index (κ1) is 24.4. The minimum Gasteiger partial charge on any atom is -0.444 e. The Morgan fingerprint density at radius 2 is 1.88 bits per heavy atom. The molecule has 8 nitrogen and oxygen atoms in total. The highest BCUT2D eigenvalue weighted by Gasteiger charge is 2.30. The number of piperidine rings is 1. The molecular weight excluding hydrogens is 454 g/mol. The van der Waals surface area contributed by atoms with Gasteiger partial charge in [0.25, 0.3) is 0 Å². The number of carbonyl (C=O) groups is 1. The summed E-state index contributed by atoms with van der Waals surface area (Å²) >= 11 is 6.22. The predicted octanol–water partition coefficient (Wildman–Crippen LogP) is 3.68. The molecule has 182 valence electrons. The normalized spacial score (nSPS) is 17.6. The Hall–Kier alpha value is -2.76. The molecule has 4 heterocycles. The van der Waals surface area contributed by atoms with Crippen LogP contribution >= 0.6 is 11.6 Å². The Morgan fingerprint density at radius 3 is 2.56 bits per heavy atom. The Balaban J connectivity index is 1.55. The largest absolute Gasteiger partial charge is 0.444 e. The molecule has 1 N–H and O–H groups in total. The Morgan fingerprint density at radius 1 is 1.18 bits per heavy atom. The molecule has 34 heavy (non-hydrogen) atoms. The van der Waals surface area contributed by atoms with Gasteiger partial charge in [0, 0.05) is 38.5 Å². The summed E-state index contributed by atoms with van der Waals surface area (Å²) < 4.78 is 7.43. The number of aliphatic hydroxyl groups is 1. The van der Waals surface area contributed by atoms with Crippen molar-refractivity contribution in [3.63, 3.8) is 0 Å². The van der Waals surface area contributed by atoms with Gasteiger partial charge in [-0.15, -0.1) is 0 Å². The molecule has 0 atom stereocenters. The summed E-state index contributed by atoms with van der Waals surface area (Å²) in [5.74, 6) is 6.50. The molecule has 2 aromatic heterocycles. The van der Waals surface area contributed by atoms with Gasteiger partial charge in [-0.3, -0.25) is 4.68 Å². The van der Waals surface area contributed by atoms with Gasteiger partial charge in [0.1, 0.15) is 10.8 Å². The molecular formula is C25H32ClN5O3. The Bertz CT molecular complexity index is 1120. The standard InChI is InChI=1S/C25H32ClN5O3/c1-24(2,3)34-23(33)30-11-12-31-21(16-30)19(15-28-31)6-5-18-14-27-22(26)13-20(18)29-9-7-25(4,17-32)8-10-29/h13-15,32H,7-12,16-17H2,1-4H3. The summed E-state index contributed by atoms with van der Waals surface area (Å²) in [4.78, 5) is 20.7. The molecule has 0 saturated carbocycles. The first-order chi connectivity index (χ1) is 16.1. The number of pyridine rings is 1.